The van der Waals surface area contributed by atoms with Gasteiger partial charge in [0.25, 0.3) is 5.91 Å². The quantitative estimate of drug-likeness (QED) is 0.453. The fourth-order valence-electron chi connectivity index (χ4n) is 3.65. The summed E-state index contributed by atoms with van der Waals surface area (Å²) in [6.45, 7) is 9.66. The summed E-state index contributed by atoms with van der Waals surface area (Å²) < 4.78 is 0. The van der Waals surface area contributed by atoms with Gasteiger partial charge >= 0.3 is 6.03 Å². The molecule has 0 aromatic heterocycles. The van der Waals surface area contributed by atoms with Crippen molar-refractivity contribution in [3.8, 4) is 0 Å². The van der Waals surface area contributed by atoms with Gasteiger partial charge in [0.1, 0.15) is 5.54 Å². The molecule has 0 spiro atoms. The first-order chi connectivity index (χ1) is 13.7. The van der Waals surface area contributed by atoms with Crippen LogP contribution in [0.25, 0.3) is 0 Å². The molecule has 4 N–H and O–H groups in total. The summed E-state index contributed by atoms with van der Waals surface area (Å²) >= 11 is 0. The summed E-state index contributed by atoms with van der Waals surface area (Å²) in [5, 5.41) is 16.9. The maximum atomic E-state index is 12.8. The van der Waals surface area contributed by atoms with Crippen LogP contribution in [0.2, 0.25) is 0 Å². The highest BCUT2D eigenvalue weighted by Gasteiger charge is 2.45. The van der Waals surface area contributed by atoms with E-state index in [2.05, 4.69) is 36.7 Å². The van der Waals surface area contributed by atoms with E-state index in [0.29, 0.717) is 32.0 Å². The number of carbonyl (C=O) groups excluding carboxylic acids is 2. The summed E-state index contributed by atoms with van der Waals surface area (Å²) in [5.74, 6) is 0.463. The number of rotatable bonds is 10. The Bertz CT molecular complexity index is 716. The molecule has 1 aromatic carbocycles. The molecule has 0 aliphatic carbocycles. The normalized spacial score (nSPS) is 18.9. The average molecular weight is 402 g/mol. The molecule has 1 unspecified atom stereocenters. The van der Waals surface area contributed by atoms with Crippen LogP contribution in [-0.4, -0.2) is 34.9 Å². The molecule has 160 valence electrons. The Hall–Kier alpha value is -2.57. The summed E-state index contributed by atoms with van der Waals surface area (Å²) in [6.07, 6.45) is 3.93. The van der Waals surface area contributed by atoms with Crippen LogP contribution in [0.5, 0.6) is 0 Å². The van der Waals surface area contributed by atoms with Gasteiger partial charge in [-0.2, -0.15) is 0 Å². The highest BCUT2D eigenvalue weighted by Crippen LogP contribution is 2.25. The molecule has 7 nitrogen and oxygen atoms in total. The molecule has 1 aliphatic rings. The zero-order valence-electron chi connectivity index (χ0n) is 18.1. The monoisotopic (exact) mass is 401 g/mol. The molecule has 3 amide bonds. The van der Waals surface area contributed by atoms with E-state index in [-0.39, 0.29) is 17.9 Å². The lowest BCUT2D eigenvalue weighted by Crippen LogP contribution is -2.44. The number of hydrogen-bond acceptors (Lipinski definition) is 3. The third-order valence-corrected chi connectivity index (χ3v) is 5.08. The molecule has 1 fully saturated rings. The lowest BCUT2D eigenvalue weighted by molar-refractivity contribution is -0.131. The number of guanidine groups is 1. The van der Waals surface area contributed by atoms with Gasteiger partial charge in [-0.15, -0.1) is 0 Å². The van der Waals surface area contributed by atoms with Gasteiger partial charge in [0.2, 0.25) is 0 Å². The number of nitrogens with zero attached hydrogens (tertiary/aromatic N) is 1. The first-order valence-electron chi connectivity index (χ1n) is 10.5. The van der Waals surface area contributed by atoms with Gasteiger partial charge in [-0.3, -0.25) is 15.1 Å². The molecule has 29 heavy (non-hydrogen) atoms. The van der Waals surface area contributed by atoms with Crippen LogP contribution < -0.4 is 16.0 Å². The van der Waals surface area contributed by atoms with Crippen LogP contribution in [0, 0.1) is 11.3 Å². The maximum Gasteiger partial charge on any atom is 0.315 e. The Labute approximate surface area is 174 Å². The Morgan fingerprint density at radius 1 is 1.17 bits per heavy atom. The fourth-order valence-corrected chi connectivity index (χ4v) is 3.65. The van der Waals surface area contributed by atoms with E-state index in [9.17, 15) is 9.59 Å². The first-order valence-corrected chi connectivity index (χ1v) is 10.5. The Morgan fingerprint density at radius 3 is 2.45 bits per heavy atom. The van der Waals surface area contributed by atoms with Crippen LogP contribution in [0.1, 0.15) is 64.5 Å². The average Bonchev–Trinajstić information content (AvgIpc) is 2.87. The third-order valence-electron chi connectivity index (χ3n) is 5.08. The molecule has 1 aromatic rings. The maximum absolute atomic E-state index is 12.8. The largest absolute Gasteiger partial charge is 0.342 e. The van der Waals surface area contributed by atoms with E-state index < -0.39 is 5.54 Å². The highest BCUT2D eigenvalue weighted by molar-refractivity contribution is 6.07. The Balaban J connectivity index is 1.85. The van der Waals surface area contributed by atoms with E-state index >= 15 is 0 Å². The van der Waals surface area contributed by atoms with Gasteiger partial charge in [-0.1, -0.05) is 57.9 Å². The molecule has 2 rings (SSSR count). The summed E-state index contributed by atoms with van der Waals surface area (Å²) in [6, 6.07) is 7.61. The van der Waals surface area contributed by atoms with Gasteiger partial charge in [-0.05, 0) is 36.8 Å². The Morgan fingerprint density at radius 2 is 1.83 bits per heavy atom. The van der Waals surface area contributed by atoms with Crippen molar-refractivity contribution in [2.45, 2.75) is 72.0 Å². The molecular formula is C22H35N5O2. The summed E-state index contributed by atoms with van der Waals surface area (Å²) in [7, 11) is 0. The van der Waals surface area contributed by atoms with E-state index in [0.717, 1.165) is 30.4 Å². The zero-order valence-corrected chi connectivity index (χ0v) is 18.1. The highest BCUT2D eigenvalue weighted by atomic mass is 16.2. The molecule has 0 radical (unpaired) electrons. The smallest absolute Gasteiger partial charge is 0.315 e. The van der Waals surface area contributed by atoms with Crippen LogP contribution in [0.4, 0.5) is 4.79 Å². The summed E-state index contributed by atoms with van der Waals surface area (Å²) in [4.78, 5) is 26.1. The van der Waals surface area contributed by atoms with Gasteiger partial charge in [-0.25, -0.2) is 4.79 Å². The fraction of sp³-hybridized carbons (Fsp3) is 0.591. The number of urea groups is 1. The van der Waals surface area contributed by atoms with Gasteiger partial charge in [0.05, 0.1) is 6.54 Å². The van der Waals surface area contributed by atoms with Crippen molar-refractivity contribution < 1.29 is 9.59 Å². The minimum absolute atomic E-state index is 0.0540. The SMILES string of the molecule is CCCCCNC(=O)NCc1ccc(CN2C(=N)NC(C)(CC(C)C)C2=O)cc1. The number of carbonyl (C=O) groups is 2. The minimum atomic E-state index is -0.709. The van der Waals surface area contributed by atoms with Crippen molar-refractivity contribution in [1.82, 2.24) is 20.9 Å². The number of benzene rings is 1. The Kier molecular flexibility index (Phi) is 8.05. The number of hydrogen-bond donors (Lipinski definition) is 4. The molecule has 1 aliphatic heterocycles. The van der Waals surface area contributed by atoms with E-state index in [1.54, 1.807) is 0 Å². The molecule has 1 saturated heterocycles. The van der Waals surface area contributed by atoms with Crippen LogP contribution >= 0.6 is 0 Å². The topological polar surface area (TPSA) is 97.3 Å². The van der Waals surface area contributed by atoms with Crippen molar-refractivity contribution in [1.29, 1.82) is 5.41 Å². The van der Waals surface area contributed by atoms with Gasteiger partial charge in [0.15, 0.2) is 5.96 Å². The molecule has 0 bridgehead atoms. The van der Waals surface area contributed by atoms with Crippen molar-refractivity contribution in [3.63, 3.8) is 0 Å². The zero-order chi connectivity index (χ0) is 21.4. The van der Waals surface area contributed by atoms with E-state index in [1.807, 2.05) is 31.2 Å². The second kappa shape index (κ2) is 10.3. The van der Waals surface area contributed by atoms with E-state index in [1.165, 1.54) is 4.90 Å². The van der Waals surface area contributed by atoms with Crippen molar-refractivity contribution in [2.75, 3.05) is 6.54 Å². The van der Waals surface area contributed by atoms with Crippen LogP contribution in [0.15, 0.2) is 24.3 Å². The number of amides is 3. The predicted octanol–water partition coefficient (Wildman–Crippen LogP) is 3.35. The van der Waals surface area contributed by atoms with Crippen molar-refractivity contribution in [3.05, 3.63) is 35.4 Å². The number of nitrogens with one attached hydrogen (secondary N) is 4. The lowest BCUT2D eigenvalue weighted by atomic mass is 9.91. The molecule has 1 atom stereocenters. The third kappa shape index (κ3) is 6.48. The first kappa shape index (κ1) is 22.7. The second-order valence-corrected chi connectivity index (χ2v) is 8.43. The van der Waals surface area contributed by atoms with Gasteiger partial charge < -0.3 is 16.0 Å². The van der Waals surface area contributed by atoms with Crippen molar-refractivity contribution >= 4 is 17.9 Å². The van der Waals surface area contributed by atoms with Crippen molar-refractivity contribution in [2.24, 2.45) is 5.92 Å². The standard InChI is InChI=1S/C22H35N5O2/c1-5-6-7-12-24-21(29)25-14-17-8-10-18(11-9-17)15-27-19(28)22(4,13-16(2)3)26-20(27)23/h8-11,16H,5-7,12-15H2,1-4H3,(H2,23,26)(H2,24,25,29). The molecule has 1 heterocycles. The predicted molar refractivity (Wildman–Crippen MR) is 115 cm³/mol. The lowest BCUT2D eigenvalue weighted by Gasteiger charge is -2.24. The van der Waals surface area contributed by atoms with E-state index in [4.69, 9.17) is 5.41 Å². The molecule has 0 saturated carbocycles. The van der Waals surface area contributed by atoms with Gasteiger partial charge in [0, 0.05) is 13.1 Å². The molecule has 7 heteroatoms. The number of unbranched alkanes of at least 4 members (excludes halogenated alkanes) is 2. The van der Waals surface area contributed by atoms with Crippen LogP contribution in [-0.2, 0) is 17.9 Å². The molecular weight excluding hydrogens is 366 g/mol. The summed E-state index contributed by atoms with van der Waals surface area (Å²) in [5.41, 5.74) is 1.23. The second-order valence-electron chi connectivity index (χ2n) is 8.43. The van der Waals surface area contributed by atoms with Crippen LogP contribution in [0.3, 0.4) is 0 Å². The minimum Gasteiger partial charge on any atom is -0.342 e.